The Hall–Kier alpha value is -5.09. The molecule has 302 valence electrons. The summed E-state index contributed by atoms with van der Waals surface area (Å²) in [4.78, 5) is 105. The van der Waals surface area contributed by atoms with E-state index in [-0.39, 0.29) is 37.7 Å². The van der Waals surface area contributed by atoms with Crippen LogP contribution in [0.4, 0.5) is 0 Å². The molecular formula is C31H56N10O12. The molecule has 0 bridgehead atoms. The quantitative estimate of drug-likeness (QED) is 0.0249. The predicted molar refractivity (Wildman–Crippen MR) is 188 cm³/mol. The van der Waals surface area contributed by atoms with Crippen LogP contribution in [0.15, 0.2) is 4.99 Å². The van der Waals surface area contributed by atoms with Crippen LogP contribution in [0.3, 0.4) is 0 Å². The lowest BCUT2D eigenvalue weighted by Gasteiger charge is -2.28. The Balaban J connectivity index is 5.80. The maximum Gasteiger partial charge on any atom is 0.326 e. The Labute approximate surface area is 306 Å². The number of aliphatic hydroxyl groups excluding tert-OH is 2. The third kappa shape index (κ3) is 18.3. The summed E-state index contributed by atoms with van der Waals surface area (Å²) in [6.45, 7) is 8.33. The molecule has 53 heavy (non-hydrogen) atoms. The van der Waals surface area contributed by atoms with Gasteiger partial charge in [-0.05, 0) is 44.9 Å². The van der Waals surface area contributed by atoms with Crippen molar-refractivity contribution in [3.05, 3.63) is 0 Å². The number of aliphatic carboxylic acids is 2. The molecule has 0 aliphatic rings. The van der Waals surface area contributed by atoms with E-state index in [0.717, 1.165) is 0 Å². The molecule has 0 saturated carbocycles. The van der Waals surface area contributed by atoms with E-state index in [1.165, 1.54) is 13.8 Å². The van der Waals surface area contributed by atoms with Crippen molar-refractivity contribution < 1.29 is 58.8 Å². The van der Waals surface area contributed by atoms with E-state index in [1.54, 1.807) is 27.7 Å². The minimum absolute atomic E-state index is 0.00612. The van der Waals surface area contributed by atoms with Crippen LogP contribution in [0.5, 0.6) is 0 Å². The standard InChI is InChI=1S/C31H56N10O12/c1-13(2)10-19(39-27(49)20(11-21(44)45)38-25(47)17(32)12-42)26(48)36-15(5)24(46)41-23(16(6)43)29(51)40-22(14(3)4)28(50)37-18(30(52)53)8-7-9-35-31(33)34/h13-20,22-23,42-43H,7-12,32H2,1-6H3,(H,36,48)(H,37,50)(H,38,47)(H,39,49)(H,40,51)(H,41,46)(H,44,45)(H,52,53)(H4,33,34,35)/t15-,16+,17-,18-,19-,20-,22-,23-/m0/s1. The number of carboxylic acid groups (broad SMARTS) is 2. The van der Waals surface area contributed by atoms with Gasteiger partial charge in [0, 0.05) is 6.54 Å². The Morgan fingerprint density at radius 2 is 1.17 bits per heavy atom. The van der Waals surface area contributed by atoms with Crippen molar-refractivity contribution in [2.75, 3.05) is 13.2 Å². The van der Waals surface area contributed by atoms with Crippen molar-refractivity contribution in [1.82, 2.24) is 31.9 Å². The van der Waals surface area contributed by atoms with Crippen molar-refractivity contribution in [3.63, 3.8) is 0 Å². The first-order valence-electron chi connectivity index (χ1n) is 16.9. The van der Waals surface area contributed by atoms with Crippen LogP contribution in [-0.2, 0) is 38.4 Å². The lowest BCUT2D eigenvalue weighted by molar-refractivity contribution is -0.143. The monoisotopic (exact) mass is 760 g/mol. The Kier molecular flexibility index (Phi) is 21.2. The highest BCUT2D eigenvalue weighted by Crippen LogP contribution is 2.09. The van der Waals surface area contributed by atoms with Gasteiger partial charge in [-0.2, -0.15) is 0 Å². The number of carboxylic acids is 2. The van der Waals surface area contributed by atoms with E-state index in [1.807, 2.05) is 0 Å². The summed E-state index contributed by atoms with van der Waals surface area (Å²) in [6.07, 6.45) is -2.21. The SMILES string of the molecule is CC(C)C[C@H](NC(=O)[C@H](CC(=O)O)NC(=O)[C@@H](N)CO)C(=O)N[C@@H](C)C(=O)N[C@H](C(=O)N[C@H](C(=O)N[C@@H](CCCN=C(N)N)C(=O)O)C(C)C)[C@@H](C)O. The predicted octanol–water partition coefficient (Wildman–Crippen LogP) is -5.07. The van der Waals surface area contributed by atoms with Crippen molar-refractivity contribution in [3.8, 4) is 0 Å². The van der Waals surface area contributed by atoms with Gasteiger partial charge in [-0.25, -0.2) is 4.79 Å². The lowest BCUT2D eigenvalue weighted by atomic mass is 10.0. The summed E-state index contributed by atoms with van der Waals surface area (Å²) in [5.41, 5.74) is 16.0. The number of carbonyl (C=O) groups is 8. The van der Waals surface area contributed by atoms with Gasteiger partial charge in [0.1, 0.15) is 42.3 Å². The van der Waals surface area contributed by atoms with E-state index in [4.69, 9.17) is 22.3 Å². The first-order chi connectivity index (χ1) is 24.5. The number of hydrogen-bond donors (Lipinski definition) is 13. The number of carbonyl (C=O) groups excluding carboxylic acids is 6. The zero-order valence-electron chi connectivity index (χ0n) is 30.8. The molecule has 0 fully saturated rings. The highest BCUT2D eigenvalue weighted by Gasteiger charge is 2.35. The smallest absolute Gasteiger partial charge is 0.326 e. The molecule has 0 aliphatic carbocycles. The van der Waals surface area contributed by atoms with Gasteiger partial charge >= 0.3 is 11.9 Å². The molecule has 22 heteroatoms. The average molecular weight is 761 g/mol. The van der Waals surface area contributed by atoms with Gasteiger partial charge in [0.2, 0.25) is 35.4 Å². The molecule has 0 aromatic heterocycles. The van der Waals surface area contributed by atoms with Crippen LogP contribution >= 0.6 is 0 Å². The highest BCUT2D eigenvalue weighted by molar-refractivity contribution is 5.97. The molecule has 6 amide bonds. The number of aliphatic hydroxyl groups is 2. The van der Waals surface area contributed by atoms with Gasteiger partial charge in [-0.15, -0.1) is 0 Å². The van der Waals surface area contributed by atoms with E-state index >= 15 is 0 Å². The normalized spacial score (nSPS) is 15.6. The second-order valence-corrected chi connectivity index (χ2v) is 13.2. The number of rotatable bonds is 24. The Bertz CT molecular complexity index is 1320. The van der Waals surface area contributed by atoms with Crippen LogP contribution < -0.4 is 49.1 Å². The molecule has 0 heterocycles. The zero-order valence-corrected chi connectivity index (χ0v) is 30.8. The van der Waals surface area contributed by atoms with Gasteiger partial charge < -0.3 is 69.5 Å². The van der Waals surface area contributed by atoms with Gasteiger partial charge in [-0.3, -0.25) is 38.6 Å². The van der Waals surface area contributed by atoms with Crippen LogP contribution in [0.25, 0.3) is 0 Å². The second-order valence-electron chi connectivity index (χ2n) is 13.2. The van der Waals surface area contributed by atoms with Gasteiger partial charge in [0.25, 0.3) is 0 Å². The van der Waals surface area contributed by atoms with Crippen molar-refractivity contribution >= 4 is 53.3 Å². The van der Waals surface area contributed by atoms with E-state index in [2.05, 4.69) is 36.9 Å². The second kappa shape index (κ2) is 23.5. The topological polar surface area (TPSA) is 380 Å². The van der Waals surface area contributed by atoms with Crippen molar-refractivity contribution in [2.45, 2.75) is 116 Å². The highest BCUT2D eigenvalue weighted by atomic mass is 16.4. The van der Waals surface area contributed by atoms with Crippen molar-refractivity contribution in [1.29, 1.82) is 0 Å². The average Bonchev–Trinajstić information content (AvgIpc) is 3.04. The summed E-state index contributed by atoms with van der Waals surface area (Å²) in [7, 11) is 0. The van der Waals surface area contributed by atoms with E-state index < -0.39 is 115 Å². The fourth-order valence-electron chi connectivity index (χ4n) is 4.58. The maximum atomic E-state index is 13.3. The Morgan fingerprint density at radius 1 is 0.660 bits per heavy atom. The molecule has 8 atom stereocenters. The molecule has 0 rings (SSSR count). The number of nitrogens with zero attached hydrogens (tertiary/aromatic N) is 1. The summed E-state index contributed by atoms with van der Waals surface area (Å²) >= 11 is 0. The third-order valence-electron chi connectivity index (χ3n) is 7.51. The van der Waals surface area contributed by atoms with Crippen LogP contribution in [-0.4, -0.2) is 135 Å². The summed E-state index contributed by atoms with van der Waals surface area (Å²) in [5, 5.41) is 52.2. The molecule has 16 N–H and O–H groups in total. The van der Waals surface area contributed by atoms with Crippen molar-refractivity contribution in [2.24, 2.45) is 34.0 Å². The number of hydrogen-bond acceptors (Lipinski definition) is 12. The fraction of sp³-hybridized carbons (Fsp3) is 0.710. The molecule has 0 unspecified atom stereocenters. The molecule has 0 radical (unpaired) electrons. The number of aliphatic imine (C=N–C) groups is 1. The fourth-order valence-corrected chi connectivity index (χ4v) is 4.58. The molecule has 0 aromatic carbocycles. The minimum Gasteiger partial charge on any atom is -0.481 e. The van der Waals surface area contributed by atoms with Crippen LogP contribution in [0.1, 0.15) is 67.2 Å². The van der Waals surface area contributed by atoms with Gasteiger partial charge in [-0.1, -0.05) is 27.7 Å². The van der Waals surface area contributed by atoms with E-state index in [0.29, 0.717) is 0 Å². The number of nitrogens with two attached hydrogens (primary N) is 3. The molecule has 22 nitrogen and oxygen atoms in total. The minimum atomic E-state index is -1.67. The van der Waals surface area contributed by atoms with Crippen LogP contribution in [0.2, 0.25) is 0 Å². The lowest BCUT2D eigenvalue weighted by Crippen LogP contribution is -2.61. The molecule has 0 spiro atoms. The molecular weight excluding hydrogens is 704 g/mol. The summed E-state index contributed by atoms with van der Waals surface area (Å²) in [5.74, 6) is -9.54. The Morgan fingerprint density at radius 3 is 1.64 bits per heavy atom. The molecule has 0 aromatic rings. The number of guanidine groups is 1. The van der Waals surface area contributed by atoms with Gasteiger partial charge in [0.05, 0.1) is 19.1 Å². The first-order valence-corrected chi connectivity index (χ1v) is 16.9. The van der Waals surface area contributed by atoms with Gasteiger partial charge in [0.15, 0.2) is 5.96 Å². The summed E-state index contributed by atoms with van der Waals surface area (Å²) < 4.78 is 0. The number of nitrogens with one attached hydrogen (secondary N) is 6. The summed E-state index contributed by atoms with van der Waals surface area (Å²) in [6, 6.07) is -10.1. The number of amides is 6. The molecule has 0 saturated heterocycles. The van der Waals surface area contributed by atoms with Crippen LogP contribution in [0, 0.1) is 11.8 Å². The zero-order chi connectivity index (χ0) is 41.2. The molecule has 0 aliphatic heterocycles. The maximum absolute atomic E-state index is 13.3. The van der Waals surface area contributed by atoms with E-state index in [9.17, 15) is 53.7 Å². The largest absolute Gasteiger partial charge is 0.481 e. The third-order valence-corrected chi connectivity index (χ3v) is 7.51. The first kappa shape index (κ1) is 47.9.